The molecule has 1 saturated heterocycles. The highest BCUT2D eigenvalue weighted by molar-refractivity contribution is 5.92. The molecule has 2 fully saturated rings. The number of aryl methyl sites for hydroxylation is 1. The molecule has 132 valence electrons. The Bertz CT molecular complexity index is 614. The summed E-state index contributed by atoms with van der Waals surface area (Å²) in [5.74, 6) is -0.0497. The van der Waals surface area contributed by atoms with Crippen molar-refractivity contribution >= 4 is 5.91 Å². The summed E-state index contributed by atoms with van der Waals surface area (Å²) in [5.41, 5.74) is 0.256. The molecule has 1 aliphatic carbocycles. The van der Waals surface area contributed by atoms with Gasteiger partial charge in [0, 0.05) is 44.8 Å². The fourth-order valence-corrected chi connectivity index (χ4v) is 3.75. The molecule has 2 aliphatic rings. The van der Waals surface area contributed by atoms with Crippen LogP contribution >= 0.6 is 0 Å². The average molecular weight is 332 g/mol. The molecule has 2 heterocycles. The normalized spacial score (nSPS) is 19.8. The van der Waals surface area contributed by atoms with Gasteiger partial charge in [-0.1, -0.05) is 26.2 Å². The number of hydrogen-bond donors (Lipinski definition) is 0. The van der Waals surface area contributed by atoms with Gasteiger partial charge in [-0.05, 0) is 25.3 Å². The van der Waals surface area contributed by atoms with Gasteiger partial charge in [-0.2, -0.15) is 5.10 Å². The van der Waals surface area contributed by atoms with Crippen molar-refractivity contribution in [3.63, 3.8) is 0 Å². The highest BCUT2D eigenvalue weighted by Crippen LogP contribution is 2.24. The highest BCUT2D eigenvalue weighted by Gasteiger charge is 2.28. The molecule has 1 aromatic rings. The van der Waals surface area contributed by atoms with Crippen LogP contribution in [0.25, 0.3) is 0 Å². The minimum Gasteiger partial charge on any atom is -0.335 e. The molecule has 0 atom stereocenters. The van der Waals surface area contributed by atoms with Crippen molar-refractivity contribution in [1.82, 2.24) is 19.6 Å². The lowest BCUT2D eigenvalue weighted by atomic mass is 10.1. The van der Waals surface area contributed by atoms with Crippen LogP contribution in [0.3, 0.4) is 0 Å². The molecule has 1 saturated carbocycles. The van der Waals surface area contributed by atoms with E-state index >= 15 is 0 Å². The van der Waals surface area contributed by atoms with E-state index < -0.39 is 0 Å². The molecule has 0 bridgehead atoms. The quantitative estimate of drug-likeness (QED) is 0.824. The number of rotatable bonds is 5. The SMILES string of the molecule is CCCCn1nc(C(=O)N2CCN(C3CCCC3)CC2)ccc1=O. The zero-order chi connectivity index (χ0) is 16.9. The van der Waals surface area contributed by atoms with Gasteiger partial charge in [0.05, 0.1) is 0 Å². The molecule has 0 spiro atoms. The fraction of sp³-hybridized carbons (Fsp3) is 0.722. The molecule has 1 aliphatic heterocycles. The van der Waals surface area contributed by atoms with E-state index in [1.54, 1.807) is 6.07 Å². The Morgan fingerprint density at radius 1 is 1.17 bits per heavy atom. The Morgan fingerprint density at radius 2 is 1.88 bits per heavy atom. The summed E-state index contributed by atoms with van der Waals surface area (Å²) in [6.07, 6.45) is 7.18. The average Bonchev–Trinajstić information content (AvgIpc) is 3.15. The van der Waals surface area contributed by atoms with E-state index in [-0.39, 0.29) is 11.5 Å². The Balaban J connectivity index is 1.61. The van der Waals surface area contributed by atoms with Crippen LogP contribution in [0, 0.1) is 0 Å². The van der Waals surface area contributed by atoms with Gasteiger partial charge < -0.3 is 4.90 Å². The topological polar surface area (TPSA) is 58.4 Å². The lowest BCUT2D eigenvalue weighted by Crippen LogP contribution is -2.51. The molecular weight excluding hydrogens is 304 g/mol. The highest BCUT2D eigenvalue weighted by atomic mass is 16.2. The monoisotopic (exact) mass is 332 g/mol. The zero-order valence-corrected chi connectivity index (χ0v) is 14.6. The van der Waals surface area contributed by atoms with Crippen molar-refractivity contribution < 1.29 is 4.79 Å². The Kier molecular flexibility index (Phi) is 5.66. The first-order valence-corrected chi connectivity index (χ1v) is 9.30. The van der Waals surface area contributed by atoms with Crippen molar-refractivity contribution in [2.24, 2.45) is 0 Å². The number of carbonyl (C=O) groups excluding carboxylic acids is 1. The van der Waals surface area contributed by atoms with E-state index in [9.17, 15) is 9.59 Å². The first-order chi connectivity index (χ1) is 11.7. The van der Waals surface area contributed by atoms with Crippen molar-refractivity contribution in [3.05, 3.63) is 28.2 Å². The molecular formula is C18H28N4O2. The summed E-state index contributed by atoms with van der Waals surface area (Å²) in [4.78, 5) is 28.9. The number of aromatic nitrogens is 2. The molecule has 0 radical (unpaired) electrons. The largest absolute Gasteiger partial charge is 0.335 e. The van der Waals surface area contributed by atoms with Crippen molar-refractivity contribution in [2.75, 3.05) is 26.2 Å². The molecule has 0 aromatic carbocycles. The second-order valence-electron chi connectivity index (χ2n) is 6.90. The molecule has 1 aromatic heterocycles. The predicted octanol–water partition coefficient (Wildman–Crippen LogP) is 1.74. The molecule has 0 unspecified atom stereocenters. The maximum Gasteiger partial charge on any atom is 0.274 e. The van der Waals surface area contributed by atoms with Crippen LogP contribution < -0.4 is 5.56 Å². The Hall–Kier alpha value is -1.69. The van der Waals surface area contributed by atoms with E-state index in [0.29, 0.717) is 12.2 Å². The summed E-state index contributed by atoms with van der Waals surface area (Å²) < 4.78 is 1.42. The van der Waals surface area contributed by atoms with Crippen molar-refractivity contribution in [2.45, 2.75) is 58.0 Å². The van der Waals surface area contributed by atoms with Crippen molar-refractivity contribution in [1.29, 1.82) is 0 Å². The van der Waals surface area contributed by atoms with Crippen LogP contribution in [0.5, 0.6) is 0 Å². The Labute approximate surface area is 143 Å². The van der Waals surface area contributed by atoms with Crippen LogP contribution in [0.1, 0.15) is 55.9 Å². The van der Waals surface area contributed by atoms with Crippen LogP contribution in [-0.2, 0) is 6.54 Å². The first-order valence-electron chi connectivity index (χ1n) is 9.30. The van der Waals surface area contributed by atoms with Crippen LogP contribution in [-0.4, -0.2) is 57.7 Å². The fourth-order valence-electron chi connectivity index (χ4n) is 3.75. The molecule has 6 heteroatoms. The molecule has 0 N–H and O–H groups in total. The van der Waals surface area contributed by atoms with Crippen LogP contribution in [0.2, 0.25) is 0 Å². The molecule has 1 amide bonds. The molecule has 6 nitrogen and oxygen atoms in total. The van der Waals surface area contributed by atoms with Gasteiger partial charge in [0.15, 0.2) is 0 Å². The molecule has 3 rings (SSSR count). The smallest absolute Gasteiger partial charge is 0.274 e. The predicted molar refractivity (Wildman–Crippen MR) is 93.1 cm³/mol. The van der Waals surface area contributed by atoms with E-state index in [2.05, 4.69) is 16.9 Å². The number of unbranched alkanes of at least 4 members (excludes halogenated alkanes) is 1. The lowest BCUT2D eigenvalue weighted by molar-refractivity contribution is 0.0565. The first kappa shape index (κ1) is 17.1. The number of amides is 1. The minimum atomic E-state index is -0.133. The van der Waals surface area contributed by atoms with Gasteiger partial charge in [0.1, 0.15) is 5.69 Å². The third-order valence-electron chi connectivity index (χ3n) is 5.25. The van der Waals surface area contributed by atoms with E-state index in [4.69, 9.17) is 0 Å². The summed E-state index contributed by atoms with van der Waals surface area (Å²) in [6, 6.07) is 3.75. The summed E-state index contributed by atoms with van der Waals surface area (Å²) >= 11 is 0. The third-order valence-corrected chi connectivity index (χ3v) is 5.25. The van der Waals surface area contributed by atoms with E-state index in [0.717, 1.165) is 45.1 Å². The molecule has 24 heavy (non-hydrogen) atoms. The number of nitrogens with zero attached hydrogens (tertiary/aromatic N) is 4. The Morgan fingerprint density at radius 3 is 2.54 bits per heavy atom. The summed E-state index contributed by atoms with van der Waals surface area (Å²) in [5, 5.41) is 4.28. The maximum atomic E-state index is 12.7. The standard InChI is InChI=1S/C18H28N4O2/c1-2-3-10-22-17(23)9-8-16(19-22)18(24)21-13-11-20(12-14-21)15-6-4-5-7-15/h8-9,15H,2-7,10-14H2,1H3. The van der Waals surface area contributed by atoms with Gasteiger partial charge >= 0.3 is 0 Å². The van der Waals surface area contributed by atoms with Gasteiger partial charge in [-0.15, -0.1) is 0 Å². The summed E-state index contributed by atoms with van der Waals surface area (Å²) in [6.45, 7) is 6.06. The van der Waals surface area contributed by atoms with Crippen LogP contribution in [0.4, 0.5) is 0 Å². The van der Waals surface area contributed by atoms with E-state index in [1.165, 1.54) is 36.4 Å². The van der Waals surface area contributed by atoms with Gasteiger partial charge in [-0.25, -0.2) is 4.68 Å². The van der Waals surface area contributed by atoms with Crippen LogP contribution in [0.15, 0.2) is 16.9 Å². The number of carbonyl (C=O) groups is 1. The third kappa shape index (κ3) is 3.86. The maximum absolute atomic E-state index is 12.7. The van der Waals surface area contributed by atoms with E-state index in [1.807, 2.05) is 4.90 Å². The van der Waals surface area contributed by atoms with Gasteiger partial charge in [0.25, 0.3) is 11.5 Å². The zero-order valence-electron chi connectivity index (χ0n) is 14.6. The minimum absolute atomic E-state index is 0.0497. The summed E-state index contributed by atoms with van der Waals surface area (Å²) in [7, 11) is 0. The van der Waals surface area contributed by atoms with Crippen molar-refractivity contribution in [3.8, 4) is 0 Å². The lowest BCUT2D eigenvalue weighted by Gasteiger charge is -2.37. The van der Waals surface area contributed by atoms with Gasteiger partial charge in [-0.3, -0.25) is 14.5 Å². The number of hydrogen-bond acceptors (Lipinski definition) is 4. The second-order valence-corrected chi connectivity index (χ2v) is 6.90. The van der Waals surface area contributed by atoms with Gasteiger partial charge in [0.2, 0.25) is 0 Å². The second kappa shape index (κ2) is 7.92. The number of piperazine rings is 1.